The van der Waals surface area contributed by atoms with Gasteiger partial charge in [0.1, 0.15) is 9.45 Å². The van der Waals surface area contributed by atoms with Crippen molar-refractivity contribution in [3.8, 4) is 5.75 Å². The van der Waals surface area contributed by atoms with Crippen LogP contribution >= 0.6 is 67.8 Å². The average Bonchev–Trinajstić information content (AvgIpc) is 3.08. The molecule has 2 heterocycles. The Kier molecular flexibility index (Phi) is 5.97. The van der Waals surface area contributed by atoms with Crippen molar-refractivity contribution < 1.29 is 9.50 Å². The summed E-state index contributed by atoms with van der Waals surface area (Å²) in [6.07, 6.45) is 1.10. The van der Waals surface area contributed by atoms with Gasteiger partial charge in [0.25, 0.3) is 0 Å². The van der Waals surface area contributed by atoms with Gasteiger partial charge in [-0.15, -0.1) is 0 Å². The zero-order chi connectivity index (χ0) is 20.7. The lowest BCUT2D eigenvalue weighted by Gasteiger charge is -2.13. The Hall–Kier alpha value is -1.49. The Morgan fingerprint density at radius 1 is 1.07 bits per heavy atom. The van der Waals surface area contributed by atoms with E-state index in [9.17, 15) is 9.50 Å². The summed E-state index contributed by atoms with van der Waals surface area (Å²) in [4.78, 5) is 8.31. The fourth-order valence-electron chi connectivity index (χ4n) is 2.77. The van der Waals surface area contributed by atoms with Crippen molar-refractivity contribution in [3.05, 3.63) is 52.7 Å². The summed E-state index contributed by atoms with van der Waals surface area (Å²) in [5.41, 5.74) is 3.21. The molecule has 0 spiro atoms. The minimum Gasteiger partial charge on any atom is -0.506 e. The highest BCUT2D eigenvalue weighted by atomic mass is 127. The van der Waals surface area contributed by atoms with Gasteiger partial charge in [0, 0.05) is 11.1 Å². The minimum atomic E-state index is -0.596. The third-order valence-electron chi connectivity index (χ3n) is 4.25. The summed E-state index contributed by atoms with van der Waals surface area (Å²) < 4.78 is 16.5. The molecule has 4 rings (SSSR count). The number of fused-ring (bicyclic) bond motifs is 1. The van der Waals surface area contributed by atoms with Crippen LogP contribution in [0.4, 0.5) is 27.5 Å². The molecule has 0 atom stereocenters. The van der Waals surface area contributed by atoms with E-state index in [1.807, 2.05) is 64.2 Å². The number of hydrogen-bond acceptors (Lipinski definition) is 6. The molecular formula is C18H12FI3N6O. The molecule has 0 saturated heterocycles. The van der Waals surface area contributed by atoms with E-state index in [1.54, 1.807) is 12.1 Å². The molecule has 7 nitrogen and oxygen atoms in total. The van der Waals surface area contributed by atoms with Gasteiger partial charge >= 0.3 is 0 Å². The van der Waals surface area contributed by atoms with Gasteiger partial charge in [0.15, 0.2) is 11.6 Å². The Balaban J connectivity index is 1.67. The van der Waals surface area contributed by atoms with Crippen LogP contribution in [0.25, 0.3) is 10.9 Å². The molecule has 148 valence electrons. The van der Waals surface area contributed by atoms with E-state index in [0.717, 1.165) is 32.1 Å². The van der Waals surface area contributed by atoms with Crippen LogP contribution in [0, 0.1) is 23.6 Å². The van der Waals surface area contributed by atoms with Crippen molar-refractivity contribution in [2.45, 2.75) is 6.92 Å². The van der Waals surface area contributed by atoms with Crippen LogP contribution in [0.3, 0.4) is 0 Å². The number of aromatic hydroxyl groups is 1. The molecule has 0 fully saturated rings. The first-order valence-corrected chi connectivity index (χ1v) is 11.5. The molecule has 2 aromatic heterocycles. The van der Waals surface area contributed by atoms with Crippen molar-refractivity contribution in [1.29, 1.82) is 0 Å². The van der Waals surface area contributed by atoms with E-state index < -0.39 is 5.82 Å². The van der Waals surface area contributed by atoms with Crippen LogP contribution in [0.15, 0.2) is 30.5 Å². The average molecular weight is 728 g/mol. The quantitative estimate of drug-likeness (QED) is 0.198. The predicted octanol–water partition coefficient (Wildman–Crippen LogP) is 5.81. The van der Waals surface area contributed by atoms with Gasteiger partial charge in [-0.25, -0.2) is 9.37 Å². The summed E-state index contributed by atoms with van der Waals surface area (Å²) >= 11 is 6.23. The third kappa shape index (κ3) is 4.08. The molecule has 2 aromatic carbocycles. The van der Waals surface area contributed by atoms with E-state index in [2.05, 4.69) is 53.4 Å². The Labute approximate surface area is 205 Å². The Morgan fingerprint density at radius 3 is 2.62 bits per heavy atom. The normalized spacial score (nSPS) is 11.1. The van der Waals surface area contributed by atoms with Crippen LogP contribution in [0.2, 0.25) is 0 Å². The van der Waals surface area contributed by atoms with Crippen LogP contribution in [-0.4, -0.2) is 25.3 Å². The molecule has 0 aliphatic carbocycles. The number of phenolic OH excluding ortho intramolecular Hbond substituents is 1. The summed E-state index contributed by atoms with van der Waals surface area (Å²) in [6.45, 7) is 1.97. The fraction of sp³-hybridized carbons (Fsp3) is 0.0556. The molecule has 0 saturated carbocycles. The maximum Gasteiger partial charge on any atom is 0.229 e. The summed E-state index contributed by atoms with van der Waals surface area (Å²) in [5, 5.41) is 24.4. The number of phenols is 1. The molecule has 0 aliphatic heterocycles. The van der Waals surface area contributed by atoms with Crippen LogP contribution < -0.4 is 10.6 Å². The summed E-state index contributed by atoms with van der Waals surface area (Å²) in [5.74, 6) is -0.194. The van der Waals surface area contributed by atoms with Crippen LogP contribution in [0.1, 0.15) is 5.56 Å². The number of nitrogens with zero attached hydrogens (tertiary/aromatic N) is 3. The van der Waals surface area contributed by atoms with Gasteiger partial charge in [-0.2, -0.15) is 10.1 Å². The van der Waals surface area contributed by atoms with Gasteiger partial charge in [-0.3, -0.25) is 5.10 Å². The topological polar surface area (TPSA) is 98.8 Å². The predicted molar refractivity (Wildman–Crippen MR) is 136 cm³/mol. The van der Waals surface area contributed by atoms with Gasteiger partial charge in [0.05, 0.1) is 24.5 Å². The maximum atomic E-state index is 14.3. The lowest BCUT2D eigenvalue weighted by Crippen LogP contribution is -2.05. The first-order chi connectivity index (χ1) is 13.8. The number of aromatic amines is 1. The number of aryl methyl sites for hydroxylation is 1. The molecule has 0 bridgehead atoms. The number of rotatable bonds is 4. The molecule has 11 heteroatoms. The zero-order valence-corrected chi connectivity index (χ0v) is 21.2. The first-order valence-electron chi connectivity index (χ1n) is 8.22. The first kappa shape index (κ1) is 20.8. The molecule has 0 amide bonds. The Morgan fingerprint density at radius 2 is 1.83 bits per heavy atom. The van der Waals surface area contributed by atoms with Gasteiger partial charge in [-0.1, -0.05) is 0 Å². The third-order valence-corrected chi connectivity index (χ3v) is 6.99. The number of nitrogens with one attached hydrogen (secondary N) is 3. The van der Waals surface area contributed by atoms with E-state index in [4.69, 9.17) is 0 Å². The van der Waals surface area contributed by atoms with E-state index in [1.165, 1.54) is 0 Å². The van der Waals surface area contributed by atoms with Crippen molar-refractivity contribution in [2.24, 2.45) is 0 Å². The molecule has 0 unspecified atom stereocenters. The molecule has 0 aliphatic rings. The smallest absolute Gasteiger partial charge is 0.229 e. The number of halogens is 4. The molecule has 0 radical (unpaired) electrons. The minimum absolute atomic E-state index is 0.0117. The summed E-state index contributed by atoms with van der Waals surface area (Å²) in [6, 6.07) is 7.28. The SMILES string of the molecule is Cc1c(Nc2ncc(F)c(Nc3ccc(I)c(O)c3I)n2)ccc2n[nH]c(I)c12. The zero-order valence-electron chi connectivity index (χ0n) is 14.7. The number of H-pyrrole nitrogens is 1. The lowest BCUT2D eigenvalue weighted by molar-refractivity contribution is 0.468. The lowest BCUT2D eigenvalue weighted by atomic mass is 10.1. The fourth-order valence-corrected chi connectivity index (χ4v) is 5.14. The number of anilines is 4. The largest absolute Gasteiger partial charge is 0.506 e. The monoisotopic (exact) mass is 728 g/mol. The number of hydrogen-bond donors (Lipinski definition) is 4. The van der Waals surface area contributed by atoms with E-state index in [-0.39, 0.29) is 17.5 Å². The number of benzene rings is 2. The molecule has 4 aromatic rings. The van der Waals surface area contributed by atoms with Crippen LogP contribution in [0.5, 0.6) is 5.75 Å². The highest BCUT2D eigenvalue weighted by Gasteiger charge is 2.14. The highest BCUT2D eigenvalue weighted by molar-refractivity contribution is 14.1. The summed E-state index contributed by atoms with van der Waals surface area (Å²) in [7, 11) is 0. The highest BCUT2D eigenvalue weighted by Crippen LogP contribution is 2.34. The van der Waals surface area contributed by atoms with Crippen molar-refractivity contribution in [3.63, 3.8) is 0 Å². The van der Waals surface area contributed by atoms with Crippen molar-refractivity contribution >= 4 is 102 Å². The molecule has 4 N–H and O–H groups in total. The second-order valence-electron chi connectivity index (χ2n) is 6.07. The van der Waals surface area contributed by atoms with Gasteiger partial charge in [-0.05, 0) is 105 Å². The Bertz CT molecular complexity index is 1250. The van der Waals surface area contributed by atoms with Crippen molar-refractivity contribution in [2.75, 3.05) is 10.6 Å². The van der Waals surface area contributed by atoms with Crippen molar-refractivity contribution in [1.82, 2.24) is 20.2 Å². The van der Waals surface area contributed by atoms with E-state index >= 15 is 0 Å². The second-order valence-corrected chi connectivity index (χ2v) is 9.39. The molecule has 29 heavy (non-hydrogen) atoms. The van der Waals surface area contributed by atoms with Crippen LogP contribution in [-0.2, 0) is 0 Å². The second kappa shape index (κ2) is 8.33. The van der Waals surface area contributed by atoms with E-state index in [0.29, 0.717) is 12.8 Å². The maximum absolute atomic E-state index is 14.3. The van der Waals surface area contributed by atoms with Gasteiger partial charge < -0.3 is 15.7 Å². The molecular weight excluding hydrogens is 716 g/mol. The van der Waals surface area contributed by atoms with Gasteiger partial charge in [0.2, 0.25) is 5.95 Å². The standard InChI is InChI=1S/C18H12FI3N6O/c1-7-10(4-5-11-13(7)16(22)28-27-11)25-18-23-6-8(19)17(26-18)24-12-3-2-9(20)15(29)14(12)21/h2-6,29H,1H3,(H,27,28)(H2,23,24,25,26). The number of aromatic nitrogens is 4.